The second-order valence-electron chi connectivity index (χ2n) is 4.65. The number of benzene rings is 1. The first-order valence-corrected chi connectivity index (χ1v) is 7.90. The van der Waals surface area contributed by atoms with E-state index in [4.69, 9.17) is 9.47 Å². The fraction of sp³-hybridized carbons (Fsp3) is 0.357. The van der Waals surface area contributed by atoms with Gasteiger partial charge in [0, 0.05) is 13.1 Å². The van der Waals surface area contributed by atoms with Crippen LogP contribution in [0.1, 0.15) is 12.5 Å². The Labute approximate surface area is 132 Å². The number of nitrogens with zero attached hydrogens (tertiary/aromatic N) is 3. The van der Waals surface area contributed by atoms with Crippen LogP contribution < -0.4 is 14.8 Å². The number of carbonyl (C=O) groups is 1. The lowest BCUT2D eigenvalue weighted by Gasteiger charge is -2.06. The quantitative estimate of drug-likeness (QED) is 0.811. The predicted octanol–water partition coefficient (Wildman–Crippen LogP) is 1.44. The molecule has 7 nitrogen and oxygen atoms in total. The van der Waals surface area contributed by atoms with Crippen LogP contribution in [-0.4, -0.2) is 33.2 Å². The highest BCUT2D eigenvalue weighted by Crippen LogP contribution is 2.32. The standard InChI is InChI=1S/C14H16N4O3S/c1-2-18-8-16-17-14(18)22-7-13(19)15-6-10-3-4-11-12(5-10)21-9-20-11/h3-5,8H,2,6-7,9H2,1H3,(H,15,19). The van der Waals surface area contributed by atoms with Crippen molar-refractivity contribution in [2.45, 2.75) is 25.2 Å². The molecule has 8 heteroatoms. The van der Waals surface area contributed by atoms with Gasteiger partial charge < -0.3 is 19.4 Å². The molecule has 1 aromatic carbocycles. The molecule has 0 spiro atoms. The highest BCUT2D eigenvalue weighted by molar-refractivity contribution is 7.99. The topological polar surface area (TPSA) is 78.3 Å². The van der Waals surface area contributed by atoms with Gasteiger partial charge in [-0.2, -0.15) is 0 Å². The van der Waals surface area contributed by atoms with Crippen LogP contribution in [0.2, 0.25) is 0 Å². The lowest BCUT2D eigenvalue weighted by molar-refractivity contribution is -0.118. The number of aryl methyl sites for hydroxylation is 1. The average molecular weight is 320 g/mol. The van der Waals surface area contributed by atoms with Gasteiger partial charge in [0.2, 0.25) is 12.7 Å². The average Bonchev–Trinajstić information content (AvgIpc) is 3.18. The third kappa shape index (κ3) is 3.33. The van der Waals surface area contributed by atoms with E-state index in [1.165, 1.54) is 11.8 Å². The van der Waals surface area contributed by atoms with Crippen LogP contribution in [0, 0.1) is 0 Å². The summed E-state index contributed by atoms with van der Waals surface area (Å²) in [6.07, 6.45) is 1.66. The Morgan fingerprint density at radius 3 is 3.14 bits per heavy atom. The number of thioether (sulfide) groups is 1. The molecular weight excluding hydrogens is 304 g/mol. The predicted molar refractivity (Wildman–Crippen MR) is 80.8 cm³/mol. The number of fused-ring (bicyclic) bond motifs is 1. The van der Waals surface area contributed by atoms with Gasteiger partial charge >= 0.3 is 0 Å². The maximum absolute atomic E-state index is 11.9. The van der Waals surface area contributed by atoms with Crippen molar-refractivity contribution in [1.82, 2.24) is 20.1 Å². The van der Waals surface area contributed by atoms with Crippen molar-refractivity contribution in [2.24, 2.45) is 0 Å². The van der Waals surface area contributed by atoms with Gasteiger partial charge in [-0.3, -0.25) is 4.79 Å². The molecule has 0 atom stereocenters. The summed E-state index contributed by atoms with van der Waals surface area (Å²) in [4.78, 5) is 11.9. The van der Waals surface area contributed by atoms with Gasteiger partial charge in [-0.15, -0.1) is 10.2 Å². The SMILES string of the molecule is CCn1cnnc1SCC(=O)NCc1ccc2c(c1)OCO2. The molecule has 0 unspecified atom stereocenters. The zero-order chi connectivity index (χ0) is 15.4. The number of rotatable bonds is 6. The lowest BCUT2D eigenvalue weighted by atomic mass is 10.2. The number of hydrogen-bond acceptors (Lipinski definition) is 6. The second-order valence-corrected chi connectivity index (χ2v) is 5.60. The molecule has 0 saturated heterocycles. The Bertz CT molecular complexity index is 674. The molecule has 1 aliphatic rings. The summed E-state index contributed by atoms with van der Waals surface area (Å²) in [5.74, 6) is 1.72. The van der Waals surface area contributed by atoms with Crippen molar-refractivity contribution in [3.05, 3.63) is 30.1 Å². The molecule has 3 rings (SSSR count). The van der Waals surface area contributed by atoms with Crippen molar-refractivity contribution >= 4 is 17.7 Å². The number of amides is 1. The number of nitrogens with one attached hydrogen (secondary N) is 1. The summed E-state index contributed by atoms with van der Waals surface area (Å²) in [6.45, 7) is 3.50. The molecule has 2 heterocycles. The fourth-order valence-electron chi connectivity index (χ4n) is 2.01. The molecule has 0 saturated carbocycles. The van der Waals surface area contributed by atoms with E-state index in [2.05, 4.69) is 15.5 Å². The van der Waals surface area contributed by atoms with Gasteiger partial charge in [0.1, 0.15) is 6.33 Å². The lowest BCUT2D eigenvalue weighted by Crippen LogP contribution is -2.24. The molecule has 1 aliphatic heterocycles. The first-order chi connectivity index (χ1) is 10.8. The van der Waals surface area contributed by atoms with Crippen molar-refractivity contribution in [3.63, 3.8) is 0 Å². The third-order valence-electron chi connectivity index (χ3n) is 3.18. The summed E-state index contributed by atoms with van der Waals surface area (Å²) in [6, 6.07) is 5.64. The van der Waals surface area contributed by atoms with Crippen LogP contribution in [0.3, 0.4) is 0 Å². The van der Waals surface area contributed by atoms with E-state index in [-0.39, 0.29) is 12.7 Å². The maximum Gasteiger partial charge on any atom is 0.231 e. The van der Waals surface area contributed by atoms with Crippen LogP contribution in [-0.2, 0) is 17.9 Å². The molecule has 0 aliphatic carbocycles. The van der Waals surface area contributed by atoms with Gasteiger partial charge in [-0.25, -0.2) is 0 Å². The van der Waals surface area contributed by atoms with E-state index >= 15 is 0 Å². The van der Waals surface area contributed by atoms with E-state index < -0.39 is 0 Å². The van der Waals surface area contributed by atoms with Gasteiger partial charge in [0.05, 0.1) is 5.75 Å². The first kappa shape index (κ1) is 14.7. The minimum Gasteiger partial charge on any atom is -0.454 e. The zero-order valence-corrected chi connectivity index (χ0v) is 12.9. The minimum absolute atomic E-state index is 0.0479. The number of hydrogen-bond donors (Lipinski definition) is 1. The molecule has 116 valence electrons. The van der Waals surface area contributed by atoms with E-state index in [0.29, 0.717) is 12.3 Å². The fourth-order valence-corrected chi connectivity index (χ4v) is 2.81. The van der Waals surface area contributed by atoms with Crippen molar-refractivity contribution < 1.29 is 14.3 Å². The Balaban J connectivity index is 1.48. The van der Waals surface area contributed by atoms with E-state index in [9.17, 15) is 4.79 Å². The number of ether oxygens (including phenoxy) is 2. The van der Waals surface area contributed by atoms with Crippen LogP contribution in [0.5, 0.6) is 11.5 Å². The summed E-state index contributed by atoms with van der Waals surface area (Å²) in [7, 11) is 0. The van der Waals surface area contributed by atoms with E-state index in [0.717, 1.165) is 28.8 Å². The normalized spacial score (nSPS) is 12.4. The highest BCUT2D eigenvalue weighted by atomic mass is 32.2. The van der Waals surface area contributed by atoms with Crippen molar-refractivity contribution in [3.8, 4) is 11.5 Å². The maximum atomic E-state index is 11.9. The Morgan fingerprint density at radius 2 is 2.27 bits per heavy atom. The summed E-state index contributed by atoms with van der Waals surface area (Å²) in [5, 5.41) is 11.4. The molecule has 1 amide bonds. The number of aromatic nitrogens is 3. The largest absolute Gasteiger partial charge is 0.454 e. The first-order valence-electron chi connectivity index (χ1n) is 6.92. The monoisotopic (exact) mass is 320 g/mol. The minimum atomic E-state index is -0.0479. The molecular formula is C14H16N4O3S. The van der Waals surface area contributed by atoms with Crippen LogP contribution in [0.4, 0.5) is 0 Å². The molecule has 1 aromatic heterocycles. The van der Waals surface area contributed by atoms with Crippen LogP contribution >= 0.6 is 11.8 Å². The Hall–Kier alpha value is -2.22. The van der Waals surface area contributed by atoms with Crippen molar-refractivity contribution in [2.75, 3.05) is 12.5 Å². The summed E-state index contributed by atoms with van der Waals surface area (Å²) >= 11 is 1.37. The number of carbonyl (C=O) groups excluding carboxylic acids is 1. The second kappa shape index (κ2) is 6.69. The molecule has 2 aromatic rings. The molecule has 0 bridgehead atoms. The van der Waals surface area contributed by atoms with Gasteiger partial charge in [-0.1, -0.05) is 17.8 Å². The molecule has 22 heavy (non-hydrogen) atoms. The molecule has 1 N–H and O–H groups in total. The van der Waals surface area contributed by atoms with Gasteiger partial charge in [0.25, 0.3) is 0 Å². The summed E-state index contributed by atoms with van der Waals surface area (Å²) in [5.41, 5.74) is 0.972. The highest BCUT2D eigenvalue weighted by Gasteiger charge is 2.13. The Kier molecular flexibility index (Phi) is 4.47. The summed E-state index contributed by atoms with van der Waals surface area (Å²) < 4.78 is 12.5. The smallest absolute Gasteiger partial charge is 0.231 e. The Morgan fingerprint density at radius 1 is 1.41 bits per heavy atom. The van der Waals surface area contributed by atoms with E-state index in [1.54, 1.807) is 6.33 Å². The molecule has 0 fully saturated rings. The molecule has 0 radical (unpaired) electrons. The van der Waals surface area contributed by atoms with E-state index in [1.807, 2.05) is 29.7 Å². The van der Waals surface area contributed by atoms with Gasteiger partial charge in [-0.05, 0) is 24.6 Å². The third-order valence-corrected chi connectivity index (χ3v) is 4.16. The zero-order valence-electron chi connectivity index (χ0n) is 12.1. The van der Waals surface area contributed by atoms with Crippen molar-refractivity contribution in [1.29, 1.82) is 0 Å². The van der Waals surface area contributed by atoms with Gasteiger partial charge in [0.15, 0.2) is 16.7 Å². The van der Waals surface area contributed by atoms with Crippen LogP contribution in [0.15, 0.2) is 29.7 Å². The van der Waals surface area contributed by atoms with Crippen LogP contribution in [0.25, 0.3) is 0 Å².